The highest BCUT2D eigenvalue weighted by molar-refractivity contribution is 7.99. The van der Waals surface area contributed by atoms with E-state index in [4.69, 9.17) is 0 Å². The molecule has 0 N–H and O–H groups in total. The maximum atomic E-state index is 13.3. The number of aryl methyl sites for hydroxylation is 2. The normalized spacial score (nSPS) is 18.9. The van der Waals surface area contributed by atoms with Gasteiger partial charge in [-0.25, -0.2) is 14.9 Å². The van der Waals surface area contributed by atoms with Crippen molar-refractivity contribution in [2.24, 2.45) is 0 Å². The summed E-state index contributed by atoms with van der Waals surface area (Å²) in [5, 5.41) is 0.502. The first-order valence-electron chi connectivity index (χ1n) is 9.67. The predicted octanol–water partition coefficient (Wildman–Crippen LogP) is 2.75. The number of benzene rings is 1. The van der Waals surface area contributed by atoms with Gasteiger partial charge in [-0.15, -0.1) is 0 Å². The molecule has 1 unspecified atom stereocenters. The molecule has 7 nitrogen and oxygen atoms in total. The third-order valence-corrected chi connectivity index (χ3v) is 6.01. The van der Waals surface area contributed by atoms with E-state index in [1.807, 2.05) is 19.9 Å². The number of anilines is 1. The van der Waals surface area contributed by atoms with Gasteiger partial charge in [0.05, 0.1) is 17.0 Å². The quantitative estimate of drug-likeness (QED) is 0.572. The van der Waals surface area contributed by atoms with Crippen LogP contribution in [0.4, 0.5) is 5.69 Å². The zero-order chi connectivity index (χ0) is 20.5. The number of imide groups is 1. The van der Waals surface area contributed by atoms with Crippen LogP contribution in [0.1, 0.15) is 41.0 Å². The van der Waals surface area contributed by atoms with Crippen LogP contribution in [-0.4, -0.2) is 50.9 Å². The molecular weight excluding hydrogens is 388 g/mol. The third-order valence-electron chi connectivity index (χ3n) is 5.18. The molecule has 1 aromatic carbocycles. The number of piperidine rings is 1. The van der Waals surface area contributed by atoms with Crippen molar-refractivity contribution in [1.29, 1.82) is 0 Å². The lowest BCUT2D eigenvalue weighted by Crippen LogP contribution is -2.52. The maximum Gasteiger partial charge on any atom is 0.256 e. The van der Waals surface area contributed by atoms with Gasteiger partial charge in [0, 0.05) is 17.9 Å². The maximum absolute atomic E-state index is 13.3. The van der Waals surface area contributed by atoms with E-state index in [1.54, 1.807) is 29.2 Å². The van der Waals surface area contributed by atoms with Crippen molar-refractivity contribution < 1.29 is 14.4 Å². The Morgan fingerprint density at radius 2 is 1.86 bits per heavy atom. The standard InChI is InChI=1S/C21H22N4O3S/c1-13-11-14(2)23-21(22-13)29-12-18(26)25-16-8-4-3-7-15(16)19(27)24-10-6-5-9-17(24)20(25)28/h3-4,7-8,11,17H,5-6,9-10,12H2,1-2H3. The van der Waals surface area contributed by atoms with E-state index in [1.165, 1.54) is 16.7 Å². The number of aromatic nitrogens is 2. The highest BCUT2D eigenvalue weighted by atomic mass is 32.2. The second-order valence-corrected chi connectivity index (χ2v) is 8.26. The largest absolute Gasteiger partial charge is 0.327 e. The number of amides is 3. The fourth-order valence-corrected chi connectivity index (χ4v) is 4.71. The van der Waals surface area contributed by atoms with Crippen molar-refractivity contribution in [1.82, 2.24) is 14.9 Å². The van der Waals surface area contributed by atoms with Gasteiger partial charge in [-0.1, -0.05) is 23.9 Å². The summed E-state index contributed by atoms with van der Waals surface area (Å²) in [7, 11) is 0. The summed E-state index contributed by atoms with van der Waals surface area (Å²) in [4.78, 5) is 51.0. The first-order valence-corrected chi connectivity index (χ1v) is 10.7. The second-order valence-electron chi connectivity index (χ2n) is 7.32. The smallest absolute Gasteiger partial charge is 0.256 e. The predicted molar refractivity (Wildman–Crippen MR) is 110 cm³/mol. The van der Waals surface area contributed by atoms with Crippen molar-refractivity contribution in [3.63, 3.8) is 0 Å². The van der Waals surface area contributed by atoms with Gasteiger partial charge in [0.25, 0.3) is 11.8 Å². The van der Waals surface area contributed by atoms with Crippen LogP contribution in [0.2, 0.25) is 0 Å². The van der Waals surface area contributed by atoms with Crippen molar-refractivity contribution in [3.05, 3.63) is 47.3 Å². The molecule has 8 heteroatoms. The van der Waals surface area contributed by atoms with E-state index in [-0.39, 0.29) is 23.5 Å². The van der Waals surface area contributed by atoms with E-state index in [2.05, 4.69) is 9.97 Å². The monoisotopic (exact) mass is 410 g/mol. The van der Waals surface area contributed by atoms with Crippen LogP contribution < -0.4 is 4.90 Å². The SMILES string of the molecule is Cc1cc(C)nc(SCC(=O)N2C(=O)C3CCCCN3C(=O)c3ccccc32)n1. The van der Waals surface area contributed by atoms with Crippen molar-refractivity contribution in [2.75, 3.05) is 17.2 Å². The van der Waals surface area contributed by atoms with E-state index < -0.39 is 6.04 Å². The number of fused-ring (bicyclic) bond motifs is 2. The van der Waals surface area contributed by atoms with E-state index in [0.717, 1.165) is 24.2 Å². The molecule has 0 saturated carbocycles. The van der Waals surface area contributed by atoms with Crippen LogP contribution in [-0.2, 0) is 9.59 Å². The summed E-state index contributed by atoms with van der Waals surface area (Å²) >= 11 is 1.20. The fourth-order valence-electron chi connectivity index (χ4n) is 3.91. The molecule has 29 heavy (non-hydrogen) atoms. The van der Waals surface area contributed by atoms with Crippen LogP contribution >= 0.6 is 11.8 Å². The number of carbonyl (C=O) groups excluding carboxylic acids is 3. The summed E-state index contributed by atoms with van der Waals surface area (Å²) in [5.74, 6) is -0.853. The number of rotatable bonds is 3. The molecule has 1 saturated heterocycles. The highest BCUT2D eigenvalue weighted by Gasteiger charge is 2.42. The molecule has 1 fully saturated rings. The van der Waals surface area contributed by atoms with Gasteiger partial charge >= 0.3 is 0 Å². The Labute approximate surface area is 173 Å². The molecule has 4 rings (SSSR count). The number of hydrogen-bond acceptors (Lipinski definition) is 6. The molecule has 0 aliphatic carbocycles. The number of carbonyl (C=O) groups is 3. The Morgan fingerprint density at radius 1 is 1.14 bits per heavy atom. The average Bonchev–Trinajstić information content (AvgIpc) is 2.80. The minimum absolute atomic E-state index is 0.0177. The van der Waals surface area contributed by atoms with Gasteiger partial charge in [-0.3, -0.25) is 14.4 Å². The topological polar surface area (TPSA) is 83.5 Å². The summed E-state index contributed by atoms with van der Waals surface area (Å²) in [6, 6.07) is 8.12. The Kier molecular flexibility index (Phi) is 5.36. The van der Waals surface area contributed by atoms with Crippen molar-refractivity contribution >= 4 is 35.2 Å². The number of nitrogens with zero attached hydrogens (tertiary/aromatic N) is 4. The molecule has 2 aliphatic rings. The summed E-state index contributed by atoms with van der Waals surface area (Å²) in [6.45, 7) is 4.29. The van der Waals surface area contributed by atoms with Gasteiger partial charge in [-0.2, -0.15) is 0 Å². The molecule has 2 aromatic rings. The molecule has 0 radical (unpaired) electrons. The molecule has 3 amide bonds. The summed E-state index contributed by atoms with van der Waals surface area (Å²) < 4.78 is 0. The van der Waals surface area contributed by atoms with Gasteiger partial charge in [0.2, 0.25) is 5.91 Å². The Bertz CT molecular complexity index is 973. The molecule has 1 atom stereocenters. The number of thioether (sulfide) groups is 1. The van der Waals surface area contributed by atoms with Gasteiger partial charge in [0.15, 0.2) is 5.16 Å². The molecule has 2 aliphatic heterocycles. The summed E-state index contributed by atoms with van der Waals surface area (Å²) in [6.07, 6.45) is 2.31. The lowest BCUT2D eigenvalue weighted by atomic mass is 10.0. The van der Waals surface area contributed by atoms with Crippen molar-refractivity contribution in [2.45, 2.75) is 44.3 Å². The van der Waals surface area contributed by atoms with Crippen LogP contribution in [0.3, 0.4) is 0 Å². The Balaban J connectivity index is 1.65. The van der Waals surface area contributed by atoms with Gasteiger partial charge < -0.3 is 4.90 Å². The van der Waals surface area contributed by atoms with Crippen LogP contribution in [0, 0.1) is 13.8 Å². The minimum Gasteiger partial charge on any atom is -0.327 e. The molecule has 150 valence electrons. The van der Waals surface area contributed by atoms with Crippen LogP contribution in [0.25, 0.3) is 0 Å². The number of hydrogen-bond donors (Lipinski definition) is 0. The van der Waals surface area contributed by atoms with E-state index >= 15 is 0 Å². The van der Waals surface area contributed by atoms with Crippen LogP contribution in [0.5, 0.6) is 0 Å². The van der Waals surface area contributed by atoms with Gasteiger partial charge in [-0.05, 0) is 51.3 Å². The zero-order valence-electron chi connectivity index (χ0n) is 16.4. The lowest BCUT2D eigenvalue weighted by molar-refractivity contribution is -0.128. The van der Waals surface area contributed by atoms with Gasteiger partial charge in [0.1, 0.15) is 6.04 Å². The molecule has 3 heterocycles. The Morgan fingerprint density at radius 3 is 2.62 bits per heavy atom. The lowest BCUT2D eigenvalue weighted by Gasteiger charge is -2.34. The van der Waals surface area contributed by atoms with Crippen LogP contribution in [0.15, 0.2) is 35.5 Å². The highest BCUT2D eigenvalue weighted by Crippen LogP contribution is 2.32. The third kappa shape index (κ3) is 3.76. The zero-order valence-corrected chi connectivity index (χ0v) is 17.2. The summed E-state index contributed by atoms with van der Waals surface area (Å²) in [5.41, 5.74) is 2.41. The van der Waals surface area contributed by atoms with Crippen molar-refractivity contribution in [3.8, 4) is 0 Å². The van der Waals surface area contributed by atoms with E-state index in [9.17, 15) is 14.4 Å². The minimum atomic E-state index is -0.588. The van der Waals surface area contributed by atoms with E-state index in [0.29, 0.717) is 29.4 Å². The fraction of sp³-hybridized carbons (Fsp3) is 0.381. The first-order chi connectivity index (χ1) is 14.0. The molecule has 1 aromatic heterocycles. The average molecular weight is 410 g/mol. The molecular formula is C21H22N4O3S. The Hall–Kier alpha value is -2.74. The second kappa shape index (κ2) is 7.94. The molecule has 0 spiro atoms. The first kappa shape index (κ1) is 19.6. The number of para-hydroxylation sites is 1. The molecule has 0 bridgehead atoms.